The number of benzene rings is 2. The summed E-state index contributed by atoms with van der Waals surface area (Å²) in [6.07, 6.45) is 0. The van der Waals surface area contributed by atoms with E-state index in [1.54, 1.807) is 16.2 Å². The Morgan fingerprint density at radius 3 is 2.61 bits per heavy atom. The van der Waals surface area contributed by atoms with Gasteiger partial charge in [-0.2, -0.15) is 0 Å². The van der Waals surface area contributed by atoms with Crippen LogP contribution in [0.4, 0.5) is 0 Å². The first-order valence-electron chi connectivity index (χ1n) is 10.3. The molecule has 0 saturated carbocycles. The second-order valence-electron chi connectivity index (χ2n) is 8.09. The summed E-state index contributed by atoms with van der Waals surface area (Å²) in [4.78, 5) is 30.0. The van der Waals surface area contributed by atoms with Crippen molar-refractivity contribution in [3.63, 3.8) is 0 Å². The van der Waals surface area contributed by atoms with Crippen molar-refractivity contribution < 1.29 is 9.59 Å². The Bertz CT molecular complexity index is 1250. The number of thiophene rings is 1. The van der Waals surface area contributed by atoms with Crippen LogP contribution in [0.3, 0.4) is 0 Å². The summed E-state index contributed by atoms with van der Waals surface area (Å²) in [6, 6.07) is 23.7. The third-order valence-electron chi connectivity index (χ3n) is 6.02. The number of carbonyl (C=O) groups is 2. The molecule has 0 saturated heterocycles. The van der Waals surface area contributed by atoms with Gasteiger partial charge in [0, 0.05) is 22.3 Å². The number of rotatable bonds is 5. The molecule has 0 unspecified atom stereocenters. The maximum atomic E-state index is 13.6. The number of hydrogen-bond donors (Lipinski definition) is 1. The summed E-state index contributed by atoms with van der Waals surface area (Å²) >= 11 is 1.60. The van der Waals surface area contributed by atoms with Crippen LogP contribution in [0.15, 0.2) is 78.2 Å². The molecule has 1 aliphatic heterocycles. The van der Waals surface area contributed by atoms with Crippen LogP contribution in [0.1, 0.15) is 27.9 Å². The van der Waals surface area contributed by atoms with Gasteiger partial charge >= 0.3 is 0 Å². The van der Waals surface area contributed by atoms with Crippen molar-refractivity contribution in [1.29, 1.82) is 0 Å². The van der Waals surface area contributed by atoms with Crippen LogP contribution >= 0.6 is 11.3 Å². The van der Waals surface area contributed by atoms with E-state index in [0.29, 0.717) is 25.3 Å². The van der Waals surface area contributed by atoms with Crippen LogP contribution in [-0.4, -0.2) is 26.8 Å². The maximum Gasteiger partial charge on any atom is 0.271 e. The molecule has 1 N–H and O–H groups in total. The standard InChI is InChI=1S/C25H23N3O2S/c1-25(24(30)26-15-18-8-3-2-4-9-18)17-27-21-12-6-5-10-19(21)14-22(27)23(29)28(25)16-20-11-7-13-31-20/h2-14H,15-17H2,1H3,(H,26,30)/t25-/m1/s1. The minimum Gasteiger partial charge on any atom is -0.350 e. The molecule has 6 heteroatoms. The SMILES string of the molecule is C[C@]1(C(=O)NCc2ccccc2)Cn2c(cc3ccccc32)C(=O)N1Cc1cccs1. The van der Waals surface area contributed by atoms with Crippen molar-refractivity contribution in [1.82, 2.24) is 14.8 Å². The average molecular weight is 430 g/mol. The molecule has 1 aliphatic rings. The van der Waals surface area contributed by atoms with Gasteiger partial charge in [0.1, 0.15) is 11.2 Å². The zero-order valence-electron chi connectivity index (χ0n) is 17.2. The van der Waals surface area contributed by atoms with Gasteiger partial charge in [-0.3, -0.25) is 9.59 Å². The number of carbonyl (C=O) groups excluding carboxylic acids is 2. The molecular formula is C25H23N3O2S. The smallest absolute Gasteiger partial charge is 0.271 e. The van der Waals surface area contributed by atoms with Gasteiger partial charge in [0.25, 0.3) is 5.91 Å². The molecule has 0 radical (unpaired) electrons. The van der Waals surface area contributed by atoms with Crippen LogP contribution in [0, 0.1) is 0 Å². The van der Waals surface area contributed by atoms with Crippen molar-refractivity contribution in [3.8, 4) is 0 Å². The van der Waals surface area contributed by atoms with Crippen molar-refractivity contribution in [3.05, 3.63) is 94.3 Å². The van der Waals surface area contributed by atoms with E-state index >= 15 is 0 Å². The summed E-state index contributed by atoms with van der Waals surface area (Å²) in [5, 5.41) is 6.07. The Morgan fingerprint density at radius 2 is 1.84 bits per heavy atom. The third-order valence-corrected chi connectivity index (χ3v) is 6.88. The van der Waals surface area contributed by atoms with Gasteiger partial charge in [0.05, 0.1) is 13.1 Å². The van der Waals surface area contributed by atoms with Gasteiger partial charge in [-0.1, -0.05) is 54.6 Å². The van der Waals surface area contributed by atoms with E-state index in [0.717, 1.165) is 21.3 Å². The van der Waals surface area contributed by atoms with Gasteiger partial charge < -0.3 is 14.8 Å². The van der Waals surface area contributed by atoms with E-state index in [2.05, 4.69) is 5.32 Å². The average Bonchev–Trinajstić information content (AvgIpc) is 3.44. The second-order valence-corrected chi connectivity index (χ2v) is 9.12. The zero-order chi connectivity index (χ0) is 21.4. The van der Waals surface area contributed by atoms with E-state index in [9.17, 15) is 9.59 Å². The first-order valence-corrected chi connectivity index (χ1v) is 11.2. The van der Waals surface area contributed by atoms with Crippen LogP contribution in [0.5, 0.6) is 0 Å². The number of aromatic nitrogens is 1. The second kappa shape index (κ2) is 7.71. The molecule has 2 amide bonds. The quantitative estimate of drug-likeness (QED) is 0.510. The highest BCUT2D eigenvalue weighted by Crippen LogP contribution is 2.34. The molecule has 2 aromatic carbocycles. The van der Waals surface area contributed by atoms with Gasteiger partial charge in [0.15, 0.2) is 0 Å². The van der Waals surface area contributed by atoms with E-state index in [4.69, 9.17) is 0 Å². The van der Waals surface area contributed by atoms with Crippen molar-refractivity contribution in [2.75, 3.05) is 0 Å². The van der Waals surface area contributed by atoms with Crippen molar-refractivity contribution in [2.45, 2.75) is 32.1 Å². The lowest BCUT2D eigenvalue weighted by molar-refractivity contribution is -0.133. The topological polar surface area (TPSA) is 54.3 Å². The third kappa shape index (κ3) is 3.43. The van der Waals surface area contributed by atoms with Crippen LogP contribution in [-0.2, 0) is 24.4 Å². The van der Waals surface area contributed by atoms with E-state index in [-0.39, 0.29) is 11.8 Å². The molecule has 2 aromatic heterocycles. The lowest BCUT2D eigenvalue weighted by Crippen LogP contribution is -2.63. The molecule has 156 valence electrons. The number of fused-ring (bicyclic) bond motifs is 3. The van der Waals surface area contributed by atoms with Gasteiger partial charge in [-0.15, -0.1) is 11.3 Å². The van der Waals surface area contributed by atoms with E-state index < -0.39 is 5.54 Å². The Morgan fingerprint density at radius 1 is 1.06 bits per heavy atom. The summed E-state index contributed by atoms with van der Waals surface area (Å²) in [6.45, 7) is 3.12. The van der Waals surface area contributed by atoms with Crippen molar-refractivity contribution >= 4 is 34.1 Å². The van der Waals surface area contributed by atoms with Gasteiger partial charge in [-0.25, -0.2) is 0 Å². The molecule has 0 fully saturated rings. The highest BCUT2D eigenvalue weighted by Gasteiger charge is 2.47. The number of para-hydroxylation sites is 1. The first kappa shape index (κ1) is 19.6. The molecule has 3 heterocycles. The Kier molecular flexibility index (Phi) is 4.87. The summed E-state index contributed by atoms with van der Waals surface area (Å²) in [7, 11) is 0. The lowest BCUT2D eigenvalue weighted by Gasteiger charge is -2.44. The summed E-state index contributed by atoms with van der Waals surface area (Å²) in [5.74, 6) is -0.266. The van der Waals surface area contributed by atoms with Gasteiger partial charge in [-0.05, 0) is 36.1 Å². The monoisotopic (exact) mass is 429 g/mol. The largest absolute Gasteiger partial charge is 0.350 e. The fourth-order valence-electron chi connectivity index (χ4n) is 4.28. The van der Waals surface area contributed by atoms with Crippen molar-refractivity contribution in [2.24, 2.45) is 0 Å². The van der Waals surface area contributed by atoms with Crippen LogP contribution < -0.4 is 5.32 Å². The molecule has 31 heavy (non-hydrogen) atoms. The number of hydrogen-bond acceptors (Lipinski definition) is 3. The fraction of sp³-hybridized carbons (Fsp3) is 0.200. The van der Waals surface area contributed by atoms with Gasteiger partial charge in [0.2, 0.25) is 5.91 Å². The molecule has 5 rings (SSSR count). The molecule has 4 aromatic rings. The molecule has 0 spiro atoms. The van der Waals surface area contributed by atoms with E-state index in [1.807, 2.05) is 89.7 Å². The minimum absolute atomic E-state index is 0.117. The van der Waals surface area contributed by atoms with Crippen LogP contribution in [0.25, 0.3) is 10.9 Å². The minimum atomic E-state index is -1.01. The number of nitrogens with zero attached hydrogens (tertiary/aromatic N) is 2. The highest BCUT2D eigenvalue weighted by molar-refractivity contribution is 7.09. The zero-order valence-corrected chi connectivity index (χ0v) is 18.1. The highest BCUT2D eigenvalue weighted by atomic mass is 32.1. The molecule has 0 aliphatic carbocycles. The fourth-order valence-corrected chi connectivity index (χ4v) is 4.97. The summed E-state index contributed by atoms with van der Waals surface area (Å²) in [5.41, 5.74) is 1.62. The Hall–Kier alpha value is -3.38. The van der Waals surface area contributed by atoms with E-state index in [1.165, 1.54) is 0 Å². The van der Waals surface area contributed by atoms with Crippen LogP contribution in [0.2, 0.25) is 0 Å². The Labute approximate surface area is 184 Å². The molecule has 0 bridgehead atoms. The molecule has 1 atom stereocenters. The first-order chi connectivity index (χ1) is 15.1. The normalized spacial score (nSPS) is 18.2. The predicted octanol–water partition coefficient (Wildman–Crippen LogP) is 4.43. The maximum absolute atomic E-state index is 13.6. The molecule has 5 nitrogen and oxygen atoms in total. The molecular weight excluding hydrogens is 406 g/mol. The lowest BCUT2D eigenvalue weighted by atomic mass is 9.94. The number of nitrogens with one attached hydrogen (secondary N) is 1. The summed E-state index contributed by atoms with van der Waals surface area (Å²) < 4.78 is 1.99. The Balaban J connectivity index is 1.53. The predicted molar refractivity (Wildman–Crippen MR) is 123 cm³/mol. The number of amides is 2.